The van der Waals surface area contributed by atoms with Crippen LogP contribution in [0.25, 0.3) is 22.0 Å². The Morgan fingerprint density at radius 2 is 1.69 bits per heavy atom. The molecule has 0 aliphatic carbocycles. The second kappa shape index (κ2) is 15.4. The monoisotopic (exact) mass is 843 g/mol. The summed E-state index contributed by atoms with van der Waals surface area (Å²) in [4.78, 5) is 28.3. The molecule has 1 amide bonds. The van der Waals surface area contributed by atoms with Gasteiger partial charge in [-0.25, -0.2) is 13.6 Å². The summed E-state index contributed by atoms with van der Waals surface area (Å²) in [5.74, 6) is -0.131. The number of amides is 1. The van der Waals surface area contributed by atoms with Gasteiger partial charge in [-0.15, -0.1) is 0 Å². The van der Waals surface area contributed by atoms with E-state index in [9.17, 15) is 22.4 Å². The Morgan fingerprint density at radius 3 is 2.36 bits per heavy atom. The van der Waals surface area contributed by atoms with Gasteiger partial charge in [0.05, 0.1) is 35.3 Å². The number of carbonyl (C=O) groups excluding carboxylic acids is 1. The van der Waals surface area contributed by atoms with Crippen LogP contribution in [0.3, 0.4) is 0 Å². The molecule has 316 valence electrons. The maximum atomic E-state index is 17.4. The molecule has 4 saturated heterocycles. The van der Waals surface area contributed by atoms with E-state index < -0.39 is 52.1 Å². The van der Waals surface area contributed by atoms with Gasteiger partial charge >= 0.3 is 18.3 Å². The van der Waals surface area contributed by atoms with Crippen LogP contribution in [0.15, 0.2) is 42.5 Å². The van der Waals surface area contributed by atoms with Gasteiger partial charge in [0.1, 0.15) is 47.8 Å². The largest absolute Gasteiger partial charge is 0.497 e. The van der Waals surface area contributed by atoms with Gasteiger partial charge in [0, 0.05) is 42.6 Å². The molecule has 0 saturated carbocycles. The first-order valence-electron chi connectivity index (χ1n) is 19.9. The molecule has 1 aromatic heterocycles. The zero-order valence-corrected chi connectivity index (χ0v) is 34.4. The van der Waals surface area contributed by atoms with E-state index in [-0.39, 0.29) is 77.3 Å². The van der Waals surface area contributed by atoms with Crippen molar-refractivity contribution in [2.24, 2.45) is 0 Å². The highest BCUT2D eigenvalue weighted by Crippen LogP contribution is 2.47. The highest BCUT2D eigenvalue weighted by molar-refractivity contribution is 6.34. The molecule has 3 aromatic carbocycles. The summed E-state index contributed by atoms with van der Waals surface area (Å²) >= 11 is 6.86. The van der Waals surface area contributed by atoms with Gasteiger partial charge in [-0.3, -0.25) is 9.80 Å². The number of hydrogen-bond donors (Lipinski definition) is 0. The van der Waals surface area contributed by atoms with Crippen molar-refractivity contribution in [3.8, 4) is 28.6 Å². The molecule has 4 atom stereocenters. The molecule has 4 aromatic rings. The third-order valence-corrected chi connectivity index (χ3v) is 12.2. The number of ether oxygens (including phenoxy) is 4. The first-order valence-corrected chi connectivity index (χ1v) is 20.3. The second-order valence-corrected chi connectivity index (χ2v) is 17.5. The van der Waals surface area contributed by atoms with Crippen molar-refractivity contribution in [3.05, 3.63) is 70.0 Å². The van der Waals surface area contributed by atoms with Crippen LogP contribution in [0.5, 0.6) is 17.5 Å². The average molecular weight is 844 g/mol. The third-order valence-electron chi connectivity index (χ3n) is 11.9. The number of rotatable bonds is 9. The summed E-state index contributed by atoms with van der Waals surface area (Å²) in [7, 11) is 1.54. The van der Waals surface area contributed by atoms with Crippen molar-refractivity contribution in [2.45, 2.75) is 102 Å². The van der Waals surface area contributed by atoms with E-state index in [1.54, 1.807) is 49.9 Å². The Kier molecular flexibility index (Phi) is 10.8. The van der Waals surface area contributed by atoms with Gasteiger partial charge in [-0.05, 0) is 101 Å². The Balaban J connectivity index is 1.21. The van der Waals surface area contributed by atoms with E-state index in [0.717, 1.165) is 24.6 Å². The summed E-state index contributed by atoms with van der Waals surface area (Å²) in [5.41, 5.74) is -3.12. The van der Waals surface area contributed by atoms with Crippen molar-refractivity contribution >= 4 is 34.4 Å². The number of benzene rings is 3. The Bertz CT molecular complexity index is 2240. The first kappa shape index (κ1) is 41.1. The molecular weight excluding hydrogens is 797 g/mol. The van der Waals surface area contributed by atoms with E-state index in [1.165, 1.54) is 26.2 Å². The summed E-state index contributed by atoms with van der Waals surface area (Å²) in [6.45, 7) is 8.40. The number of hydrogen-bond acceptors (Lipinski definition) is 9. The van der Waals surface area contributed by atoms with Crippen LogP contribution in [0.4, 0.5) is 32.6 Å². The number of anilines is 1. The summed E-state index contributed by atoms with van der Waals surface area (Å²) in [6.07, 6.45) is -3.09. The lowest BCUT2D eigenvalue weighted by Crippen LogP contribution is -2.57. The average Bonchev–Trinajstić information content (AvgIpc) is 3.78. The standard InChI is InChI=1S/C43H47ClF5N5O5/c1-24-15-30(57-22-25-7-11-29(56-5)12-8-25)16-31(35(24)43(47,48)49)34-33(44)17-32-37(36(34)46)50-39(58-23-42-13-6-14-53(42)19-26(45)18-42)51-38(32)52-20-27-9-10-28(21-52)54(27)40(55)59-41(2,3)4/h7-8,11-12,15-17,26-28H,6,9-10,13-14,18-23H2,1-5H3/t26-,27?,28?,42+/m1/s1. The minimum absolute atomic E-state index is 0.0186. The number of methoxy groups -OCH3 is 1. The van der Waals surface area contributed by atoms with Gasteiger partial charge in [0.25, 0.3) is 0 Å². The predicted molar refractivity (Wildman–Crippen MR) is 213 cm³/mol. The van der Waals surface area contributed by atoms with Gasteiger partial charge in [-0.2, -0.15) is 23.1 Å². The van der Waals surface area contributed by atoms with Crippen molar-refractivity contribution in [2.75, 3.05) is 44.8 Å². The second-order valence-electron chi connectivity index (χ2n) is 17.1. The lowest BCUT2D eigenvalue weighted by molar-refractivity contribution is -0.137. The Labute approximate surface area is 344 Å². The van der Waals surface area contributed by atoms with Crippen LogP contribution >= 0.6 is 11.6 Å². The van der Waals surface area contributed by atoms with Gasteiger partial charge in [-0.1, -0.05) is 23.7 Å². The number of aryl methyl sites for hydroxylation is 1. The molecule has 10 nitrogen and oxygen atoms in total. The minimum Gasteiger partial charge on any atom is -0.497 e. The number of piperazine rings is 1. The van der Waals surface area contributed by atoms with Crippen LogP contribution in [-0.4, -0.2) is 95.2 Å². The van der Waals surface area contributed by atoms with Crippen LogP contribution in [0, 0.1) is 12.7 Å². The van der Waals surface area contributed by atoms with Crippen molar-refractivity contribution in [1.82, 2.24) is 19.8 Å². The van der Waals surface area contributed by atoms with Crippen LogP contribution in [-0.2, 0) is 17.5 Å². The summed E-state index contributed by atoms with van der Waals surface area (Å²) in [5, 5.41) is -0.127. The Hall–Kier alpha value is -4.63. The fourth-order valence-electron chi connectivity index (χ4n) is 9.35. The third kappa shape index (κ3) is 8.04. The van der Waals surface area contributed by atoms with Crippen LogP contribution in [0.2, 0.25) is 5.02 Å². The summed E-state index contributed by atoms with van der Waals surface area (Å²) < 4.78 is 99.9. The molecule has 2 bridgehead atoms. The maximum absolute atomic E-state index is 17.4. The quantitative estimate of drug-likeness (QED) is 0.153. The van der Waals surface area contributed by atoms with E-state index in [4.69, 9.17) is 35.5 Å². The number of aromatic nitrogens is 2. The Morgan fingerprint density at radius 1 is 0.983 bits per heavy atom. The lowest BCUT2D eigenvalue weighted by atomic mass is 9.93. The van der Waals surface area contributed by atoms with Gasteiger partial charge in [0.15, 0.2) is 5.82 Å². The zero-order chi connectivity index (χ0) is 42.0. The molecule has 4 aliphatic rings. The molecule has 4 aliphatic heterocycles. The van der Waals surface area contributed by atoms with Crippen LogP contribution < -0.4 is 19.1 Å². The molecule has 8 rings (SSSR count). The topological polar surface area (TPSA) is 89.5 Å². The zero-order valence-electron chi connectivity index (χ0n) is 33.6. The van der Waals surface area contributed by atoms with E-state index in [2.05, 4.69) is 9.88 Å². The highest BCUT2D eigenvalue weighted by Gasteiger charge is 2.50. The van der Waals surface area contributed by atoms with Crippen molar-refractivity contribution < 1.29 is 45.7 Å². The number of alkyl halides is 4. The summed E-state index contributed by atoms with van der Waals surface area (Å²) in [6, 6.07) is 10.1. The molecule has 59 heavy (non-hydrogen) atoms. The molecule has 5 heterocycles. The number of halogens is 6. The van der Waals surface area contributed by atoms with Crippen molar-refractivity contribution in [3.63, 3.8) is 0 Å². The molecule has 0 N–H and O–H groups in total. The smallest absolute Gasteiger partial charge is 0.417 e. The minimum atomic E-state index is -4.89. The number of nitrogens with zero attached hydrogens (tertiary/aromatic N) is 5. The SMILES string of the molecule is COc1ccc(COc2cc(C)c(C(F)(F)F)c(-c3c(Cl)cc4c(N5CC6CCC(C5)N6C(=O)OC(C)(C)C)nc(OC[C@@]56CCCN5C[C@H](F)C6)nc4c3F)c2)cc1. The van der Waals surface area contributed by atoms with Crippen molar-refractivity contribution in [1.29, 1.82) is 0 Å². The molecule has 4 fully saturated rings. The highest BCUT2D eigenvalue weighted by atomic mass is 35.5. The predicted octanol–water partition coefficient (Wildman–Crippen LogP) is 9.55. The molecule has 0 radical (unpaired) electrons. The normalized spacial score (nSPS) is 23.2. The van der Waals surface area contributed by atoms with Crippen LogP contribution in [0.1, 0.15) is 69.6 Å². The van der Waals surface area contributed by atoms with E-state index >= 15 is 4.39 Å². The fourth-order valence-corrected chi connectivity index (χ4v) is 9.64. The maximum Gasteiger partial charge on any atom is 0.417 e. The fraction of sp³-hybridized carbons (Fsp3) is 0.512. The van der Waals surface area contributed by atoms with Gasteiger partial charge in [0.2, 0.25) is 0 Å². The molecule has 0 spiro atoms. The molecular formula is C43H47ClF5N5O5. The first-order chi connectivity index (χ1) is 27.9. The molecule has 2 unspecified atom stereocenters. The van der Waals surface area contributed by atoms with E-state index in [0.29, 0.717) is 38.1 Å². The lowest BCUT2D eigenvalue weighted by Gasteiger charge is -2.42. The van der Waals surface area contributed by atoms with Gasteiger partial charge < -0.3 is 23.8 Å². The number of carbonyl (C=O) groups is 1. The number of fused-ring (bicyclic) bond motifs is 4. The van der Waals surface area contributed by atoms with E-state index in [1.807, 2.05) is 4.90 Å². The molecule has 16 heteroatoms.